The van der Waals surface area contributed by atoms with Crippen LogP contribution in [0.15, 0.2) is 18.2 Å². The Hall–Kier alpha value is -3.27. The minimum absolute atomic E-state index is 0.0136. The number of nitrogens with one attached hydrogen (secondary N) is 2. The fourth-order valence-corrected chi connectivity index (χ4v) is 3.41. The van der Waals surface area contributed by atoms with Gasteiger partial charge in [0.1, 0.15) is 11.6 Å². The van der Waals surface area contributed by atoms with Crippen molar-refractivity contribution in [3.8, 4) is 5.75 Å². The van der Waals surface area contributed by atoms with Gasteiger partial charge in [0.15, 0.2) is 5.82 Å². The predicted molar refractivity (Wildman–Crippen MR) is 113 cm³/mol. The van der Waals surface area contributed by atoms with Crippen LogP contribution in [0.4, 0.5) is 11.8 Å². The Morgan fingerprint density at radius 3 is 2.77 bits per heavy atom. The maximum atomic E-state index is 9.70. The van der Waals surface area contributed by atoms with E-state index in [4.69, 9.17) is 10.5 Å². The van der Waals surface area contributed by atoms with E-state index in [-0.39, 0.29) is 18.6 Å². The van der Waals surface area contributed by atoms with Crippen LogP contribution in [0.3, 0.4) is 0 Å². The molecule has 0 saturated heterocycles. The van der Waals surface area contributed by atoms with E-state index >= 15 is 0 Å². The molecule has 1 unspecified atom stereocenters. The molecule has 1 aromatic carbocycles. The Balaban J connectivity index is 1.94. The van der Waals surface area contributed by atoms with E-state index in [1.54, 1.807) is 7.11 Å². The first-order valence-corrected chi connectivity index (χ1v) is 9.92. The summed E-state index contributed by atoms with van der Waals surface area (Å²) in [4.78, 5) is 8.75. The van der Waals surface area contributed by atoms with Gasteiger partial charge in [-0.25, -0.2) is 4.98 Å². The van der Waals surface area contributed by atoms with E-state index in [0.29, 0.717) is 24.5 Å². The Labute approximate surface area is 175 Å². The zero-order chi connectivity index (χ0) is 21.5. The molecule has 5 N–H and O–H groups in total. The number of anilines is 2. The number of H-pyrrole nitrogens is 1. The number of aliphatic hydroxyl groups is 1. The van der Waals surface area contributed by atoms with Gasteiger partial charge in [0.2, 0.25) is 5.95 Å². The molecule has 2 heterocycles. The predicted octanol–water partition coefficient (Wildman–Crippen LogP) is 1.64. The third-order valence-electron chi connectivity index (χ3n) is 4.89. The van der Waals surface area contributed by atoms with Crippen LogP contribution in [0.5, 0.6) is 5.75 Å². The normalized spacial score (nSPS) is 12.0. The zero-order valence-corrected chi connectivity index (χ0v) is 17.5. The molecule has 0 amide bonds. The van der Waals surface area contributed by atoms with Gasteiger partial charge >= 0.3 is 0 Å². The molecule has 0 spiro atoms. The van der Waals surface area contributed by atoms with Gasteiger partial charge in [0, 0.05) is 24.1 Å². The summed E-state index contributed by atoms with van der Waals surface area (Å²) >= 11 is 0. The Kier molecular flexibility index (Phi) is 7.12. The highest BCUT2D eigenvalue weighted by molar-refractivity contribution is 5.54. The van der Waals surface area contributed by atoms with Crippen molar-refractivity contribution in [2.45, 2.75) is 45.6 Å². The fraction of sp³-hybridized carbons (Fsp3) is 0.450. The van der Waals surface area contributed by atoms with Crippen molar-refractivity contribution in [2.24, 2.45) is 0 Å². The third-order valence-corrected chi connectivity index (χ3v) is 4.89. The van der Waals surface area contributed by atoms with E-state index in [2.05, 4.69) is 48.9 Å². The second kappa shape index (κ2) is 9.97. The standard InChI is InChI=1S/C20H28N8O2/c1-4-5-15(11-29)23-19-16(12(2)22-20(21)24-19)10-14-8-13(6-7-17(14)30-3)9-18-25-27-28-26-18/h6-8,15,29H,4-5,9-11H2,1-3H3,(H3,21,22,23,24)(H,25,26,27,28). The second-order valence-electron chi connectivity index (χ2n) is 7.13. The summed E-state index contributed by atoms with van der Waals surface area (Å²) in [7, 11) is 1.65. The topological polar surface area (TPSA) is 148 Å². The first-order valence-electron chi connectivity index (χ1n) is 9.92. The highest BCUT2D eigenvalue weighted by atomic mass is 16.5. The van der Waals surface area contributed by atoms with Gasteiger partial charge in [-0.1, -0.05) is 30.7 Å². The maximum Gasteiger partial charge on any atom is 0.222 e. The molecule has 0 aliphatic carbocycles. The number of tetrazole rings is 1. The summed E-state index contributed by atoms with van der Waals surface area (Å²) in [6.07, 6.45) is 2.86. The van der Waals surface area contributed by atoms with E-state index in [0.717, 1.165) is 41.0 Å². The summed E-state index contributed by atoms with van der Waals surface area (Å²) < 4.78 is 5.58. The summed E-state index contributed by atoms with van der Waals surface area (Å²) in [5, 5.41) is 27.1. The number of nitrogens with two attached hydrogens (primary N) is 1. The molecular weight excluding hydrogens is 384 g/mol. The minimum Gasteiger partial charge on any atom is -0.496 e. The Bertz CT molecular complexity index is 962. The van der Waals surface area contributed by atoms with Gasteiger partial charge in [-0.15, -0.1) is 10.2 Å². The van der Waals surface area contributed by atoms with Crippen LogP contribution in [0, 0.1) is 6.92 Å². The summed E-state index contributed by atoms with van der Waals surface area (Å²) in [6, 6.07) is 5.87. The van der Waals surface area contributed by atoms with Crippen molar-refractivity contribution in [1.82, 2.24) is 30.6 Å². The lowest BCUT2D eigenvalue weighted by Gasteiger charge is -2.20. The van der Waals surface area contributed by atoms with Gasteiger partial charge < -0.3 is 20.9 Å². The molecular formula is C20H28N8O2. The summed E-state index contributed by atoms with van der Waals surface area (Å²) in [5.41, 5.74) is 9.61. The fourth-order valence-electron chi connectivity index (χ4n) is 3.41. The number of aliphatic hydroxyl groups excluding tert-OH is 1. The molecule has 3 rings (SSSR count). The lowest BCUT2D eigenvalue weighted by molar-refractivity contribution is 0.268. The molecule has 0 bridgehead atoms. The number of nitrogen functional groups attached to an aromatic ring is 1. The first-order chi connectivity index (χ1) is 14.5. The van der Waals surface area contributed by atoms with Crippen molar-refractivity contribution >= 4 is 11.8 Å². The molecule has 0 radical (unpaired) electrons. The van der Waals surface area contributed by atoms with Crippen LogP contribution in [0.25, 0.3) is 0 Å². The van der Waals surface area contributed by atoms with Crippen LogP contribution >= 0.6 is 0 Å². The van der Waals surface area contributed by atoms with Gasteiger partial charge in [-0.3, -0.25) is 0 Å². The van der Waals surface area contributed by atoms with E-state index in [1.807, 2.05) is 19.1 Å². The first kappa shape index (κ1) is 21.4. The van der Waals surface area contributed by atoms with Crippen molar-refractivity contribution in [3.05, 3.63) is 46.4 Å². The number of aromatic nitrogens is 6. The smallest absolute Gasteiger partial charge is 0.222 e. The van der Waals surface area contributed by atoms with Gasteiger partial charge in [-0.2, -0.15) is 10.2 Å². The van der Waals surface area contributed by atoms with Crippen LogP contribution in [0.1, 0.15) is 48.0 Å². The molecule has 160 valence electrons. The lowest BCUT2D eigenvalue weighted by Crippen LogP contribution is -2.25. The minimum atomic E-state index is -0.103. The number of aromatic amines is 1. The molecule has 0 fully saturated rings. The maximum absolute atomic E-state index is 9.70. The van der Waals surface area contributed by atoms with E-state index in [9.17, 15) is 5.11 Å². The number of nitrogens with zero attached hydrogens (tertiary/aromatic N) is 5. The zero-order valence-electron chi connectivity index (χ0n) is 17.5. The second-order valence-corrected chi connectivity index (χ2v) is 7.13. The van der Waals surface area contributed by atoms with Crippen LogP contribution in [0.2, 0.25) is 0 Å². The van der Waals surface area contributed by atoms with Gasteiger partial charge in [-0.05, 0) is 30.5 Å². The van der Waals surface area contributed by atoms with E-state index < -0.39 is 0 Å². The SMILES string of the molecule is CCCC(CO)Nc1nc(N)nc(C)c1Cc1cc(Cc2nn[nH]n2)ccc1OC. The third kappa shape index (κ3) is 5.20. The van der Waals surface area contributed by atoms with Crippen molar-refractivity contribution in [1.29, 1.82) is 0 Å². The van der Waals surface area contributed by atoms with Gasteiger partial charge in [0.25, 0.3) is 0 Å². The van der Waals surface area contributed by atoms with Crippen molar-refractivity contribution < 1.29 is 9.84 Å². The Morgan fingerprint density at radius 1 is 1.27 bits per heavy atom. The molecule has 10 heteroatoms. The van der Waals surface area contributed by atoms with Crippen molar-refractivity contribution in [3.63, 3.8) is 0 Å². The molecule has 0 aliphatic heterocycles. The number of aryl methyl sites for hydroxylation is 1. The number of hydrogen-bond acceptors (Lipinski definition) is 9. The Morgan fingerprint density at radius 2 is 2.10 bits per heavy atom. The van der Waals surface area contributed by atoms with Crippen LogP contribution in [-0.2, 0) is 12.8 Å². The average Bonchev–Trinajstić information content (AvgIpc) is 3.23. The molecule has 30 heavy (non-hydrogen) atoms. The highest BCUT2D eigenvalue weighted by Crippen LogP contribution is 2.28. The summed E-state index contributed by atoms with van der Waals surface area (Å²) in [6.45, 7) is 3.99. The number of ether oxygens (including phenoxy) is 1. The van der Waals surface area contributed by atoms with Gasteiger partial charge in [0.05, 0.1) is 19.8 Å². The number of methoxy groups -OCH3 is 1. The average molecular weight is 412 g/mol. The molecule has 0 aliphatic rings. The monoisotopic (exact) mass is 412 g/mol. The molecule has 3 aromatic rings. The molecule has 2 aromatic heterocycles. The number of rotatable bonds is 10. The molecule has 1 atom stereocenters. The van der Waals surface area contributed by atoms with Crippen molar-refractivity contribution in [2.75, 3.05) is 24.8 Å². The molecule has 0 saturated carbocycles. The quantitative estimate of drug-likeness (QED) is 0.390. The lowest BCUT2D eigenvalue weighted by atomic mass is 9.99. The molecule has 10 nitrogen and oxygen atoms in total. The summed E-state index contributed by atoms with van der Waals surface area (Å²) in [5.74, 6) is 2.22. The number of benzene rings is 1. The van der Waals surface area contributed by atoms with Crippen LogP contribution < -0.4 is 15.8 Å². The van der Waals surface area contributed by atoms with E-state index in [1.165, 1.54) is 0 Å². The van der Waals surface area contributed by atoms with Crippen LogP contribution in [-0.4, -0.2) is 55.5 Å². The number of hydrogen-bond donors (Lipinski definition) is 4. The highest BCUT2D eigenvalue weighted by Gasteiger charge is 2.17. The largest absolute Gasteiger partial charge is 0.496 e.